The van der Waals surface area contributed by atoms with Crippen molar-refractivity contribution < 1.29 is 4.79 Å². The van der Waals surface area contributed by atoms with Crippen LogP contribution >= 0.6 is 11.3 Å². The Morgan fingerprint density at radius 1 is 1.12 bits per heavy atom. The summed E-state index contributed by atoms with van der Waals surface area (Å²) in [6.45, 7) is 0. The zero-order valence-corrected chi connectivity index (χ0v) is 9.25. The molecule has 2 aromatic rings. The number of thiophene rings is 1. The second-order valence-electron chi connectivity index (χ2n) is 3.64. The van der Waals surface area contributed by atoms with Gasteiger partial charge >= 0.3 is 0 Å². The summed E-state index contributed by atoms with van der Waals surface area (Å²) in [5.41, 5.74) is 1.86. The second kappa shape index (κ2) is 3.64. The molecule has 1 aliphatic rings. The van der Waals surface area contributed by atoms with E-state index in [0.29, 0.717) is 0 Å². The summed E-state index contributed by atoms with van der Waals surface area (Å²) in [5, 5.41) is 9.13. The van der Waals surface area contributed by atoms with Crippen molar-refractivity contribution in [2.24, 2.45) is 0 Å². The van der Waals surface area contributed by atoms with Crippen molar-refractivity contribution in [2.45, 2.75) is 6.04 Å². The Kier molecular flexibility index (Phi) is 2.15. The number of carbonyl (C=O) groups excluding carboxylic acids is 1. The van der Waals surface area contributed by atoms with E-state index in [0.717, 1.165) is 16.3 Å². The number of hydrogen-bond acceptors (Lipinski definition) is 3. The standard InChI is InChI=1S/C12H10N2OS/c15-11-10(8-4-2-1-3-5-8)14-12-9(13-11)6-7-16-12/h1-7,10,14H,(H,13,15). The maximum Gasteiger partial charge on any atom is 0.251 e. The fourth-order valence-electron chi connectivity index (χ4n) is 1.80. The highest BCUT2D eigenvalue weighted by atomic mass is 32.1. The van der Waals surface area contributed by atoms with Crippen LogP contribution in [0.5, 0.6) is 0 Å². The van der Waals surface area contributed by atoms with Gasteiger partial charge in [-0.25, -0.2) is 0 Å². The molecule has 2 N–H and O–H groups in total. The Morgan fingerprint density at radius 3 is 2.75 bits per heavy atom. The summed E-state index contributed by atoms with van der Waals surface area (Å²) in [7, 11) is 0. The highest BCUT2D eigenvalue weighted by Crippen LogP contribution is 2.36. The van der Waals surface area contributed by atoms with Crippen molar-refractivity contribution in [1.29, 1.82) is 0 Å². The van der Waals surface area contributed by atoms with Gasteiger partial charge in [-0.2, -0.15) is 0 Å². The zero-order valence-electron chi connectivity index (χ0n) is 8.44. The van der Waals surface area contributed by atoms with Crippen LogP contribution in [0, 0.1) is 0 Å². The number of nitrogens with one attached hydrogen (secondary N) is 2. The van der Waals surface area contributed by atoms with Crippen LogP contribution in [0.15, 0.2) is 41.8 Å². The third-order valence-electron chi connectivity index (χ3n) is 2.59. The minimum absolute atomic E-state index is 0.00269. The van der Waals surface area contributed by atoms with Crippen molar-refractivity contribution in [3.63, 3.8) is 0 Å². The molecule has 2 heterocycles. The topological polar surface area (TPSA) is 41.1 Å². The first-order valence-corrected chi connectivity index (χ1v) is 5.92. The van der Waals surface area contributed by atoms with Crippen molar-refractivity contribution in [3.05, 3.63) is 47.3 Å². The number of amides is 1. The van der Waals surface area contributed by atoms with E-state index in [-0.39, 0.29) is 11.9 Å². The van der Waals surface area contributed by atoms with Gasteiger partial charge in [0.1, 0.15) is 11.0 Å². The number of carbonyl (C=O) groups is 1. The molecule has 0 saturated heterocycles. The average molecular weight is 230 g/mol. The number of hydrogen-bond donors (Lipinski definition) is 2. The van der Waals surface area contributed by atoms with Crippen LogP contribution < -0.4 is 10.6 Å². The average Bonchev–Trinajstić information content (AvgIpc) is 2.76. The molecule has 1 unspecified atom stereocenters. The quantitative estimate of drug-likeness (QED) is 0.791. The molecule has 3 rings (SSSR count). The molecule has 0 bridgehead atoms. The van der Waals surface area contributed by atoms with Gasteiger partial charge in [-0.1, -0.05) is 30.3 Å². The van der Waals surface area contributed by atoms with Gasteiger partial charge in [-0.05, 0) is 17.0 Å². The molecule has 1 aliphatic heterocycles. The number of fused-ring (bicyclic) bond motifs is 1. The van der Waals surface area contributed by atoms with E-state index in [1.165, 1.54) is 0 Å². The molecule has 1 amide bonds. The summed E-state index contributed by atoms with van der Waals surface area (Å²) in [4.78, 5) is 11.9. The molecule has 0 spiro atoms. The summed E-state index contributed by atoms with van der Waals surface area (Å²) < 4.78 is 0. The molecular weight excluding hydrogens is 220 g/mol. The molecule has 4 heteroatoms. The van der Waals surface area contributed by atoms with E-state index in [1.54, 1.807) is 11.3 Å². The van der Waals surface area contributed by atoms with Gasteiger partial charge in [0.2, 0.25) is 0 Å². The largest absolute Gasteiger partial charge is 0.360 e. The molecule has 0 aliphatic carbocycles. The summed E-state index contributed by atoms with van der Waals surface area (Å²) in [6.07, 6.45) is 0. The number of benzene rings is 1. The molecule has 1 atom stereocenters. The van der Waals surface area contributed by atoms with Gasteiger partial charge in [-0.3, -0.25) is 4.79 Å². The molecule has 0 radical (unpaired) electrons. The van der Waals surface area contributed by atoms with Crippen LogP contribution in [0.4, 0.5) is 10.7 Å². The first-order chi connectivity index (χ1) is 7.84. The van der Waals surface area contributed by atoms with E-state index in [9.17, 15) is 4.79 Å². The maximum absolute atomic E-state index is 11.9. The predicted molar refractivity (Wildman–Crippen MR) is 65.8 cm³/mol. The number of anilines is 2. The van der Waals surface area contributed by atoms with Crippen molar-refractivity contribution in [2.75, 3.05) is 10.6 Å². The zero-order chi connectivity index (χ0) is 11.0. The fraction of sp³-hybridized carbons (Fsp3) is 0.0833. The van der Waals surface area contributed by atoms with E-state index in [2.05, 4.69) is 10.6 Å². The van der Waals surface area contributed by atoms with Crippen LogP contribution in [0.1, 0.15) is 11.6 Å². The molecule has 1 aromatic carbocycles. The Balaban J connectivity index is 1.97. The first-order valence-electron chi connectivity index (χ1n) is 5.04. The monoisotopic (exact) mass is 230 g/mol. The second-order valence-corrected chi connectivity index (χ2v) is 4.56. The van der Waals surface area contributed by atoms with Gasteiger partial charge in [0.15, 0.2) is 0 Å². The minimum Gasteiger partial charge on any atom is -0.360 e. The van der Waals surface area contributed by atoms with Crippen LogP contribution in [-0.2, 0) is 4.79 Å². The van der Waals surface area contributed by atoms with E-state index in [4.69, 9.17) is 0 Å². The van der Waals surface area contributed by atoms with Crippen molar-refractivity contribution in [3.8, 4) is 0 Å². The van der Waals surface area contributed by atoms with Crippen LogP contribution in [0.25, 0.3) is 0 Å². The van der Waals surface area contributed by atoms with E-state index in [1.807, 2.05) is 41.8 Å². The Hall–Kier alpha value is -1.81. The van der Waals surface area contributed by atoms with Gasteiger partial charge in [0, 0.05) is 0 Å². The van der Waals surface area contributed by atoms with Gasteiger partial charge < -0.3 is 10.6 Å². The summed E-state index contributed by atoms with van der Waals surface area (Å²) in [6, 6.07) is 11.4. The third-order valence-corrected chi connectivity index (χ3v) is 3.44. The molecule has 0 fully saturated rings. The van der Waals surface area contributed by atoms with Crippen LogP contribution in [0.3, 0.4) is 0 Å². The van der Waals surface area contributed by atoms with E-state index < -0.39 is 0 Å². The van der Waals surface area contributed by atoms with Crippen molar-refractivity contribution >= 4 is 27.9 Å². The lowest BCUT2D eigenvalue weighted by Crippen LogP contribution is -2.30. The maximum atomic E-state index is 11.9. The normalized spacial score (nSPS) is 18.5. The van der Waals surface area contributed by atoms with Gasteiger partial charge in [0.25, 0.3) is 5.91 Å². The highest BCUT2D eigenvalue weighted by molar-refractivity contribution is 7.15. The Morgan fingerprint density at radius 2 is 1.94 bits per heavy atom. The molecule has 0 saturated carbocycles. The smallest absolute Gasteiger partial charge is 0.251 e. The Bertz CT molecular complexity index is 521. The molecule has 1 aromatic heterocycles. The Labute approximate surface area is 97.1 Å². The lowest BCUT2D eigenvalue weighted by molar-refractivity contribution is -0.117. The molecular formula is C12H10N2OS. The van der Waals surface area contributed by atoms with Gasteiger partial charge in [0.05, 0.1) is 5.69 Å². The van der Waals surface area contributed by atoms with Crippen molar-refractivity contribution in [1.82, 2.24) is 0 Å². The third kappa shape index (κ3) is 1.47. The molecule has 80 valence electrons. The summed E-state index contributed by atoms with van der Waals surface area (Å²) in [5.74, 6) is -0.00269. The lowest BCUT2D eigenvalue weighted by atomic mass is 10.1. The summed E-state index contributed by atoms with van der Waals surface area (Å²) >= 11 is 1.60. The van der Waals surface area contributed by atoms with E-state index >= 15 is 0 Å². The SMILES string of the molecule is O=C1Nc2ccsc2NC1c1ccccc1. The predicted octanol–water partition coefficient (Wildman–Crippen LogP) is 2.85. The lowest BCUT2D eigenvalue weighted by Gasteiger charge is -2.24. The molecule has 16 heavy (non-hydrogen) atoms. The molecule has 3 nitrogen and oxygen atoms in total. The minimum atomic E-state index is -0.285. The van der Waals surface area contributed by atoms with Crippen LogP contribution in [-0.4, -0.2) is 5.91 Å². The first kappa shape index (κ1) is 9.42. The fourth-order valence-corrected chi connectivity index (χ4v) is 2.57. The van der Waals surface area contributed by atoms with Gasteiger partial charge in [-0.15, -0.1) is 11.3 Å². The van der Waals surface area contributed by atoms with Crippen LogP contribution in [0.2, 0.25) is 0 Å². The highest BCUT2D eigenvalue weighted by Gasteiger charge is 2.27. The number of rotatable bonds is 1.